The molecule has 9 heavy (non-hydrogen) atoms. The Balaban J connectivity index is 2.75. The van der Waals surface area contributed by atoms with Gasteiger partial charge in [-0.3, -0.25) is 0 Å². The zero-order chi connectivity index (χ0) is 7.11. The highest BCUT2D eigenvalue weighted by molar-refractivity contribution is 6.55. The van der Waals surface area contributed by atoms with Gasteiger partial charge in [-0.15, -0.1) is 0 Å². The fourth-order valence-corrected chi connectivity index (χ4v) is 1.52. The van der Waals surface area contributed by atoms with E-state index >= 15 is 0 Å². The van der Waals surface area contributed by atoms with Gasteiger partial charge in [0.05, 0.1) is 0 Å². The third kappa shape index (κ3) is 8.18. The van der Waals surface area contributed by atoms with Crippen molar-refractivity contribution in [2.45, 2.75) is 32.5 Å². The van der Waals surface area contributed by atoms with E-state index in [4.69, 9.17) is 4.74 Å². The van der Waals surface area contributed by atoms with Crippen molar-refractivity contribution in [3.8, 4) is 0 Å². The molecule has 0 aliphatic heterocycles. The van der Waals surface area contributed by atoms with Gasteiger partial charge in [0.1, 0.15) is 0 Å². The van der Waals surface area contributed by atoms with Crippen LogP contribution in [0.4, 0.5) is 0 Å². The summed E-state index contributed by atoms with van der Waals surface area (Å²) in [5, 5.41) is 0. The standard InChI is InChI=1S/C7H17OSi/c1-4-8-6-5-7-9(2)3/h4-7H2,1-3H3. The molecule has 0 rings (SSSR count). The third-order valence-electron chi connectivity index (χ3n) is 1.17. The van der Waals surface area contributed by atoms with Crippen molar-refractivity contribution < 1.29 is 4.74 Å². The Morgan fingerprint density at radius 3 is 2.44 bits per heavy atom. The van der Waals surface area contributed by atoms with Gasteiger partial charge in [0.2, 0.25) is 0 Å². The first kappa shape index (κ1) is 9.18. The van der Waals surface area contributed by atoms with E-state index < -0.39 is 0 Å². The second-order valence-corrected chi connectivity index (χ2v) is 5.42. The molecule has 2 heteroatoms. The zero-order valence-electron chi connectivity index (χ0n) is 6.74. The Hall–Kier alpha value is 0.177. The van der Waals surface area contributed by atoms with Crippen LogP contribution in [0.1, 0.15) is 13.3 Å². The molecule has 0 atom stereocenters. The van der Waals surface area contributed by atoms with Crippen LogP contribution in [-0.2, 0) is 4.74 Å². The predicted octanol–water partition coefficient (Wildman–Crippen LogP) is 2.17. The molecular formula is C7H17OSi. The second-order valence-electron chi connectivity index (χ2n) is 2.51. The van der Waals surface area contributed by atoms with Crippen molar-refractivity contribution in [1.82, 2.24) is 0 Å². The highest BCUT2D eigenvalue weighted by Gasteiger charge is 1.93. The van der Waals surface area contributed by atoms with Gasteiger partial charge in [-0.1, -0.05) is 19.1 Å². The molecule has 0 aliphatic rings. The SMILES string of the molecule is CCOCCC[Si](C)C. The molecule has 1 nitrogen and oxygen atoms in total. The van der Waals surface area contributed by atoms with Crippen LogP contribution in [0.25, 0.3) is 0 Å². The lowest BCUT2D eigenvalue weighted by Gasteiger charge is -2.01. The van der Waals surface area contributed by atoms with Crippen LogP contribution in [0, 0.1) is 0 Å². The molecule has 0 unspecified atom stereocenters. The topological polar surface area (TPSA) is 9.23 Å². The van der Waals surface area contributed by atoms with E-state index in [0.29, 0.717) is 0 Å². The third-order valence-corrected chi connectivity index (χ3v) is 2.52. The van der Waals surface area contributed by atoms with E-state index in [1.165, 1.54) is 12.5 Å². The maximum Gasteiger partial charge on any atom is 0.0463 e. The molecule has 0 saturated carbocycles. The van der Waals surface area contributed by atoms with Crippen molar-refractivity contribution in [2.24, 2.45) is 0 Å². The van der Waals surface area contributed by atoms with Crippen LogP contribution in [0.2, 0.25) is 19.1 Å². The summed E-state index contributed by atoms with van der Waals surface area (Å²) in [7, 11) is 0.00488. The molecule has 0 bridgehead atoms. The first-order valence-electron chi connectivity index (χ1n) is 3.64. The summed E-state index contributed by atoms with van der Waals surface area (Å²) in [6.07, 6.45) is 1.26. The van der Waals surface area contributed by atoms with E-state index in [-0.39, 0.29) is 8.80 Å². The van der Waals surface area contributed by atoms with Crippen molar-refractivity contribution in [1.29, 1.82) is 0 Å². The molecule has 0 fully saturated rings. The Bertz CT molecular complexity index is 54.9. The molecule has 0 amide bonds. The van der Waals surface area contributed by atoms with Gasteiger partial charge in [-0.05, 0) is 13.3 Å². The van der Waals surface area contributed by atoms with Gasteiger partial charge in [0, 0.05) is 22.0 Å². The minimum Gasteiger partial charge on any atom is -0.382 e. The van der Waals surface area contributed by atoms with Gasteiger partial charge in [0.15, 0.2) is 0 Å². The van der Waals surface area contributed by atoms with Crippen molar-refractivity contribution >= 4 is 8.80 Å². The Kier molecular flexibility index (Phi) is 6.42. The average Bonchev–Trinajstić information content (AvgIpc) is 1.80. The lowest BCUT2D eigenvalue weighted by molar-refractivity contribution is 0.148. The van der Waals surface area contributed by atoms with Gasteiger partial charge in [0.25, 0.3) is 0 Å². The van der Waals surface area contributed by atoms with Crippen LogP contribution >= 0.6 is 0 Å². The molecule has 0 aliphatic carbocycles. The Morgan fingerprint density at radius 1 is 1.33 bits per heavy atom. The van der Waals surface area contributed by atoms with Crippen LogP contribution in [0.3, 0.4) is 0 Å². The van der Waals surface area contributed by atoms with Crippen molar-refractivity contribution in [3.63, 3.8) is 0 Å². The maximum atomic E-state index is 5.20. The lowest BCUT2D eigenvalue weighted by Crippen LogP contribution is -2.01. The second kappa shape index (κ2) is 6.30. The summed E-state index contributed by atoms with van der Waals surface area (Å²) in [6.45, 7) is 8.57. The number of hydrogen-bond donors (Lipinski definition) is 0. The van der Waals surface area contributed by atoms with Gasteiger partial charge >= 0.3 is 0 Å². The first-order chi connectivity index (χ1) is 4.27. The van der Waals surface area contributed by atoms with E-state index in [9.17, 15) is 0 Å². The summed E-state index contributed by atoms with van der Waals surface area (Å²) >= 11 is 0. The minimum absolute atomic E-state index is 0.00488. The number of rotatable bonds is 5. The summed E-state index contributed by atoms with van der Waals surface area (Å²) < 4.78 is 5.20. The zero-order valence-corrected chi connectivity index (χ0v) is 7.74. The summed E-state index contributed by atoms with van der Waals surface area (Å²) in [5.41, 5.74) is 0. The largest absolute Gasteiger partial charge is 0.382 e. The summed E-state index contributed by atoms with van der Waals surface area (Å²) in [6, 6.07) is 1.39. The first-order valence-corrected chi connectivity index (χ1v) is 6.35. The van der Waals surface area contributed by atoms with Gasteiger partial charge in [-0.2, -0.15) is 0 Å². The fraction of sp³-hybridized carbons (Fsp3) is 1.00. The van der Waals surface area contributed by atoms with E-state index in [2.05, 4.69) is 13.1 Å². The fourth-order valence-electron chi connectivity index (χ4n) is 0.672. The van der Waals surface area contributed by atoms with E-state index in [1.807, 2.05) is 6.92 Å². The summed E-state index contributed by atoms with van der Waals surface area (Å²) in [4.78, 5) is 0. The molecule has 0 aromatic rings. The predicted molar refractivity (Wildman–Crippen MR) is 43.4 cm³/mol. The van der Waals surface area contributed by atoms with E-state index in [1.54, 1.807) is 0 Å². The number of ether oxygens (including phenoxy) is 1. The highest BCUT2D eigenvalue weighted by atomic mass is 28.3. The quantitative estimate of drug-likeness (QED) is 0.425. The molecular weight excluding hydrogens is 128 g/mol. The lowest BCUT2D eigenvalue weighted by atomic mass is 10.5. The Morgan fingerprint density at radius 2 is 2.00 bits per heavy atom. The molecule has 1 radical (unpaired) electrons. The van der Waals surface area contributed by atoms with Gasteiger partial charge < -0.3 is 4.74 Å². The average molecular weight is 145 g/mol. The molecule has 0 heterocycles. The van der Waals surface area contributed by atoms with Gasteiger partial charge in [-0.25, -0.2) is 0 Å². The normalized spacial score (nSPS) is 10.7. The smallest absolute Gasteiger partial charge is 0.0463 e. The molecule has 0 N–H and O–H groups in total. The summed E-state index contributed by atoms with van der Waals surface area (Å²) in [5.74, 6) is 0. The van der Waals surface area contributed by atoms with Crippen LogP contribution in [0.15, 0.2) is 0 Å². The van der Waals surface area contributed by atoms with Crippen molar-refractivity contribution in [2.75, 3.05) is 13.2 Å². The van der Waals surface area contributed by atoms with Crippen LogP contribution in [-0.4, -0.2) is 22.0 Å². The molecule has 0 spiro atoms. The molecule has 0 aromatic heterocycles. The van der Waals surface area contributed by atoms with Crippen LogP contribution in [0.5, 0.6) is 0 Å². The minimum atomic E-state index is 0.00488. The molecule has 0 aromatic carbocycles. The highest BCUT2D eigenvalue weighted by Crippen LogP contribution is 1.96. The number of hydrogen-bond acceptors (Lipinski definition) is 1. The monoisotopic (exact) mass is 145 g/mol. The maximum absolute atomic E-state index is 5.20. The van der Waals surface area contributed by atoms with Crippen molar-refractivity contribution in [3.05, 3.63) is 0 Å². The Labute approximate surface area is 60.0 Å². The van der Waals surface area contributed by atoms with E-state index in [0.717, 1.165) is 13.2 Å². The van der Waals surface area contributed by atoms with Crippen LogP contribution < -0.4 is 0 Å². The molecule has 0 saturated heterocycles. The molecule has 55 valence electrons.